The Morgan fingerprint density at radius 3 is 2.72 bits per heavy atom. The van der Waals surface area contributed by atoms with Gasteiger partial charge in [0.15, 0.2) is 17.7 Å². The molecule has 4 aromatic rings. The standard InChI is InChI=1S/C28H38N8O3/c1-28(2,3)17-5-6-18-19(10-17)35-21(34-18)7-4-15-8-16(9-15)11-30-12-20-23(37)24(38)27(39-20)36-14-33-22-25(29)31-13-32-26(22)36/h5-6,10,13-16,20,23-24,27,30,37-38H,4,7-9,11-12H2,1-3H3,(H,34,35)(H2,29,31,32)/t15-,16-,20-,23-,24-,27-/m1/s1. The summed E-state index contributed by atoms with van der Waals surface area (Å²) in [6.07, 6.45) is 3.87. The highest BCUT2D eigenvalue weighted by Gasteiger charge is 2.44. The molecule has 3 aromatic heterocycles. The molecule has 4 heterocycles. The number of nitrogens with zero attached hydrogens (tertiary/aromatic N) is 5. The minimum atomic E-state index is -1.10. The van der Waals surface area contributed by atoms with Gasteiger partial charge >= 0.3 is 0 Å². The number of aliphatic hydroxyl groups excluding tert-OH is 2. The number of imidazole rings is 2. The van der Waals surface area contributed by atoms with Crippen LogP contribution < -0.4 is 11.1 Å². The summed E-state index contributed by atoms with van der Waals surface area (Å²) in [4.78, 5) is 20.7. The molecule has 1 aromatic carbocycles. The molecule has 6 N–H and O–H groups in total. The van der Waals surface area contributed by atoms with Gasteiger partial charge in [-0.05, 0) is 60.8 Å². The Morgan fingerprint density at radius 2 is 1.92 bits per heavy atom. The Bertz CT molecular complexity index is 1450. The molecular weight excluding hydrogens is 496 g/mol. The number of aliphatic hydroxyl groups is 2. The first-order valence-corrected chi connectivity index (χ1v) is 13.8. The second kappa shape index (κ2) is 10.1. The van der Waals surface area contributed by atoms with Gasteiger partial charge in [-0.1, -0.05) is 26.8 Å². The molecule has 1 saturated heterocycles. The number of aromatic nitrogens is 6. The minimum absolute atomic E-state index is 0.116. The number of benzene rings is 1. The molecule has 0 spiro atoms. The number of ether oxygens (including phenoxy) is 1. The topological polar surface area (TPSA) is 160 Å². The highest BCUT2D eigenvalue weighted by Crippen LogP contribution is 2.37. The van der Waals surface area contributed by atoms with Gasteiger partial charge in [0.1, 0.15) is 36.0 Å². The van der Waals surface area contributed by atoms with Gasteiger partial charge in [0, 0.05) is 13.0 Å². The molecule has 2 fully saturated rings. The molecule has 1 aliphatic carbocycles. The lowest BCUT2D eigenvalue weighted by atomic mass is 9.72. The van der Waals surface area contributed by atoms with Crippen molar-refractivity contribution in [1.29, 1.82) is 0 Å². The number of hydrogen-bond donors (Lipinski definition) is 5. The van der Waals surface area contributed by atoms with E-state index in [0.29, 0.717) is 29.5 Å². The van der Waals surface area contributed by atoms with Gasteiger partial charge in [0.05, 0.1) is 17.4 Å². The minimum Gasteiger partial charge on any atom is -0.387 e. The van der Waals surface area contributed by atoms with Gasteiger partial charge in [-0.15, -0.1) is 0 Å². The lowest BCUT2D eigenvalue weighted by molar-refractivity contribution is -0.0346. The summed E-state index contributed by atoms with van der Waals surface area (Å²) in [5, 5.41) is 24.7. The molecule has 11 heteroatoms. The summed E-state index contributed by atoms with van der Waals surface area (Å²) in [5.41, 5.74) is 10.4. The number of rotatable bonds is 8. The Hall–Kier alpha value is -3.12. The molecule has 0 bridgehead atoms. The van der Waals surface area contributed by atoms with Crippen molar-refractivity contribution in [2.24, 2.45) is 11.8 Å². The maximum Gasteiger partial charge on any atom is 0.167 e. The van der Waals surface area contributed by atoms with Gasteiger partial charge in [-0.2, -0.15) is 0 Å². The summed E-state index contributed by atoms with van der Waals surface area (Å²) in [7, 11) is 0. The number of aryl methyl sites for hydroxylation is 1. The number of nitrogen functional groups attached to an aromatic ring is 1. The van der Waals surface area contributed by atoms with Crippen molar-refractivity contribution in [2.45, 2.75) is 76.4 Å². The van der Waals surface area contributed by atoms with E-state index in [1.165, 1.54) is 31.1 Å². The van der Waals surface area contributed by atoms with Gasteiger partial charge in [-0.3, -0.25) is 4.57 Å². The molecule has 39 heavy (non-hydrogen) atoms. The lowest BCUT2D eigenvalue weighted by Crippen LogP contribution is -2.41. The summed E-state index contributed by atoms with van der Waals surface area (Å²) in [6.45, 7) is 7.99. The molecular formula is C28H38N8O3. The van der Waals surface area contributed by atoms with Crippen molar-refractivity contribution in [1.82, 2.24) is 34.8 Å². The van der Waals surface area contributed by atoms with E-state index < -0.39 is 24.5 Å². The van der Waals surface area contributed by atoms with Crippen molar-refractivity contribution in [2.75, 3.05) is 18.8 Å². The van der Waals surface area contributed by atoms with Crippen LogP contribution in [0.5, 0.6) is 0 Å². The smallest absolute Gasteiger partial charge is 0.167 e. The average Bonchev–Trinajstić information content (AvgIpc) is 3.56. The first kappa shape index (κ1) is 26.1. The SMILES string of the molecule is CC(C)(C)c1ccc2[nH]c(CC[C@H]3C[C@H](CNC[C@H]4O[C@@H](n5cnc6c(N)ncnc65)[C@H](O)[C@@H]4O)C3)nc2c1. The third-order valence-corrected chi connectivity index (χ3v) is 8.30. The maximum absolute atomic E-state index is 10.6. The molecule has 4 atom stereocenters. The first-order chi connectivity index (χ1) is 18.7. The largest absolute Gasteiger partial charge is 0.387 e. The van der Waals surface area contributed by atoms with Crippen LogP contribution in [0, 0.1) is 11.8 Å². The van der Waals surface area contributed by atoms with Crippen molar-refractivity contribution in [3.63, 3.8) is 0 Å². The number of aromatic amines is 1. The summed E-state index contributed by atoms with van der Waals surface area (Å²) >= 11 is 0. The van der Waals surface area contributed by atoms with Crippen LogP contribution in [0.3, 0.4) is 0 Å². The number of nitrogens with two attached hydrogens (primary N) is 1. The zero-order valence-corrected chi connectivity index (χ0v) is 22.7. The van der Waals surface area contributed by atoms with Gasteiger partial charge in [0.2, 0.25) is 0 Å². The molecule has 0 radical (unpaired) electrons. The first-order valence-electron chi connectivity index (χ1n) is 13.8. The average molecular weight is 535 g/mol. The molecule has 1 aliphatic heterocycles. The zero-order valence-electron chi connectivity index (χ0n) is 22.7. The second-order valence-corrected chi connectivity index (χ2v) is 12.2. The monoisotopic (exact) mass is 534 g/mol. The van der Waals surface area contributed by atoms with Gasteiger partial charge in [-0.25, -0.2) is 19.9 Å². The molecule has 2 aliphatic rings. The van der Waals surface area contributed by atoms with Gasteiger partial charge < -0.3 is 31.0 Å². The number of fused-ring (bicyclic) bond motifs is 2. The highest BCUT2D eigenvalue weighted by molar-refractivity contribution is 5.81. The fourth-order valence-corrected chi connectivity index (χ4v) is 5.87. The highest BCUT2D eigenvalue weighted by atomic mass is 16.6. The van der Waals surface area contributed by atoms with E-state index in [2.05, 4.69) is 64.2 Å². The van der Waals surface area contributed by atoms with Crippen LogP contribution in [0.4, 0.5) is 5.82 Å². The second-order valence-electron chi connectivity index (χ2n) is 12.2. The van der Waals surface area contributed by atoms with E-state index in [0.717, 1.165) is 36.2 Å². The van der Waals surface area contributed by atoms with E-state index in [1.54, 1.807) is 4.57 Å². The van der Waals surface area contributed by atoms with Crippen LogP contribution >= 0.6 is 0 Å². The van der Waals surface area contributed by atoms with Crippen molar-refractivity contribution in [3.05, 3.63) is 42.2 Å². The predicted octanol–water partition coefficient (Wildman–Crippen LogP) is 2.45. The van der Waals surface area contributed by atoms with Crippen LogP contribution in [-0.4, -0.2) is 71.1 Å². The Labute approximate surface area is 227 Å². The summed E-state index contributed by atoms with van der Waals surface area (Å²) < 4.78 is 7.62. The van der Waals surface area contributed by atoms with Crippen molar-refractivity contribution < 1.29 is 14.9 Å². The van der Waals surface area contributed by atoms with E-state index in [4.69, 9.17) is 15.5 Å². The molecule has 0 amide bonds. The summed E-state index contributed by atoms with van der Waals surface area (Å²) in [6, 6.07) is 6.54. The van der Waals surface area contributed by atoms with Crippen molar-refractivity contribution in [3.8, 4) is 0 Å². The van der Waals surface area contributed by atoms with E-state index in [-0.39, 0.29) is 11.2 Å². The molecule has 6 rings (SSSR count). The number of hydrogen-bond acceptors (Lipinski definition) is 9. The molecule has 0 unspecified atom stereocenters. The van der Waals surface area contributed by atoms with Crippen LogP contribution in [-0.2, 0) is 16.6 Å². The third-order valence-electron chi connectivity index (χ3n) is 8.30. The fourth-order valence-electron chi connectivity index (χ4n) is 5.87. The lowest BCUT2D eigenvalue weighted by Gasteiger charge is -2.35. The Balaban J connectivity index is 0.948. The van der Waals surface area contributed by atoms with Crippen molar-refractivity contribution >= 4 is 28.0 Å². The number of nitrogens with one attached hydrogen (secondary N) is 2. The van der Waals surface area contributed by atoms with E-state index >= 15 is 0 Å². The number of anilines is 1. The molecule has 1 saturated carbocycles. The van der Waals surface area contributed by atoms with Crippen LogP contribution in [0.15, 0.2) is 30.9 Å². The van der Waals surface area contributed by atoms with E-state index in [1.807, 2.05) is 0 Å². The summed E-state index contributed by atoms with van der Waals surface area (Å²) in [5.74, 6) is 2.64. The maximum atomic E-state index is 10.6. The zero-order chi connectivity index (χ0) is 27.3. The molecule has 11 nitrogen and oxygen atoms in total. The Kier molecular flexibility index (Phi) is 6.78. The van der Waals surface area contributed by atoms with Crippen LogP contribution in [0.25, 0.3) is 22.2 Å². The van der Waals surface area contributed by atoms with Crippen LogP contribution in [0.1, 0.15) is 57.6 Å². The predicted molar refractivity (Wildman–Crippen MR) is 148 cm³/mol. The third kappa shape index (κ3) is 5.11. The fraction of sp³-hybridized carbons (Fsp3) is 0.571. The Morgan fingerprint density at radius 1 is 1.10 bits per heavy atom. The van der Waals surface area contributed by atoms with Gasteiger partial charge in [0.25, 0.3) is 0 Å². The molecule has 208 valence electrons. The van der Waals surface area contributed by atoms with E-state index in [9.17, 15) is 10.2 Å². The quantitative estimate of drug-likeness (QED) is 0.229. The van der Waals surface area contributed by atoms with Crippen LogP contribution in [0.2, 0.25) is 0 Å². The number of H-pyrrole nitrogens is 1. The normalized spacial score (nSPS) is 27.4.